The summed E-state index contributed by atoms with van der Waals surface area (Å²) in [5.41, 5.74) is 7.46. The fourth-order valence-electron chi connectivity index (χ4n) is 3.80. The number of piperidine rings is 1. The van der Waals surface area contributed by atoms with Crippen LogP contribution in [0.1, 0.15) is 38.5 Å². The molecule has 1 saturated heterocycles. The first-order chi connectivity index (χ1) is 11.1. The van der Waals surface area contributed by atoms with Crippen LogP contribution in [0.25, 0.3) is 0 Å². The molecule has 2 aliphatic rings. The summed E-state index contributed by atoms with van der Waals surface area (Å²) in [7, 11) is 0. The number of nitro groups is 1. The minimum atomic E-state index is -0.352. The Labute approximate surface area is 137 Å². The maximum absolute atomic E-state index is 10.8. The molecule has 1 heterocycles. The summed E-state index contributed by atoms with van der Waals surface area (Å²) < 4.78 is 0. The number of nitrogens with one attached hydrogen (secondary N) is 1. The third-order valence-corrected chi connectivity index (χ3v) is 5.12. The van der Waals surface area contributed by atoms with Crippen LogP contribution in [0.4, 0.5) is 11.4 Å². The monoisotopic (exact) mass is 318 g/mol. The zero-order valence-corrected chi connectivity index (χ0v) is 13.5. The average Bonchev–Trinajstić information content (AvgIpc) is 2.57. The number of benzene rings is 1. The number of hydrogen-bond acceptors (Lipinski definition) is 5. The van der Waals surface area contributed by atoms with Crippen LogP contribution in [0.3, 0.4) is 0 Å². The number of anilines is 1. The minimum Gasteiger partial charge on any atom is -0.370 e. The molecule has 1 aliphatic carbocycles. The van der Waals surface area contributed by atoms with E-state index in [0.29, 0.717) is 12.1 Å². The van der Waals surface area contributed by atoms with Gasteiger partial charge in [0, 0.05) is 49.0 Å². The fraction of sp³-hybridized carbons (Fsp3) is 0.647. The van der Waals surface area contributed by atoms with E-state index in [0.717, 1.165) is 31.6 Å². The fourth-order valence-corrected chi connectivity index (χ4v) is 3.80. The van der Waals surface area contributed by atoms with Crippen LogP contribution in [-0.2, 0) is 0 Å². The maximum Gasteiger partial charge on any atom is 0.269 e. The van der Waals surface area contributed by atoms with E-state index in [-0.39, 0.29) is 16.7 Å². The van der Waals surface area contributed by atoms with Gasteiger partial charge in [0.2, 0.25) is 0 Å². The van der Waals surface area contributed by atoms with E-state index in [4.69, 9.17) is 5.73 Å². The van der Waals surface area contributed by atoms with Crippen molar-refractivity contribution in [3.63, 3.8) is 0 Å². The molecule has 0 radical (unpaired) electrons. The maximum atomic E-state index is 10.8. The van der Waals surface area contributed by atoms with Crippen molar-refractivity contribution in [3.05, 3.63) is 34.4 Å². The quantitative estimate of drug-likeness (QED) is 0.658. The van der Waals surface area contributed by atoms with Gasteiger partial charge in [-0.2, -0.15) is 0 Å². The van der Waals surface area contributed by atoms with Crippen LogP contribution in [0, 0.1) is 10.1 Å². The Balaban J connectivity index is 1.60. The standard InChI is InChI=1S/C17H26N4O2/c18-16-5-1-2-6-17(16)19-13-4-3-11-20(12-13)14-7-9-15(10-8-14)21(22)23/h7-10,13,16-17,19H,1-6,11-12,18H2/t13-,16?,17?/m1/s1. The predicted octanol–water partition coefficient (Wildman–Crippen LogP) is 2.42. The summed E-state index contributed by atoms with van der Waals surface area (Å²) >= 11 is 0. The van der Waals surface area contributed by atoms with Crippen molar-refractivity contribution in [2.75, 3.05) is 18.0 Å². The van der Waals surface area contributed by atoms with Gasteiger partial charge in [0.15, 0.2) is 0 Å². The molecule has 2 unspecified atom stereocenters. The number of hydrogen-bond donors (Lipinski definition) is 2. The molecule has 1 aromatic rings. The molecule has 1 aliphatic heterocycles. The van der Waals surface area contributed by atoms with Crippen molar-refractivity contribution in [3.8, 4) is 0 Å². The topological polar surface area (TPSA) is 84.4 Å². The average molecular weight is 318 g/mol. The second-order valence-electron chi connectivity index (χ2n) is 6.78. The highest BCUT2D eigenvalue weighted by molar-refractivity contribution is 5.51. The molecular weight excluding hydrogens is 292 g/mol. The SMILES string of the molecule is NC1CCCCC1N[C@@H]1CCCN(c2ccc([N+](=O)[O-])cc2)C1. The molecule has 126 valence electrons. The van der Waals surface area contributed by atoms with Gasteiger partial charge in [-0.25, -0.2) is 0 Å². The highest BCUT2D eigenvalue weighted by Crippen LogP contribution is 2.24. The van der Waals surface area contributed by atoms with E-state index in [1.807, 2.05) is 12.1 Å². The molecule has 2 fully saturated rings. The van der Waals surface area contributed by atoms with Crippen molar-refractivity contribution < 1.29 is 4.92 Å². The lowest BCUT2D eigenvalue weighted by atomic mass is 9.89. The van der Waals surface area contributed by atoms with Crippen molar-refractivity contribution in [2.24, 2.45) is 5.73 Å². The Hall–Kier alpha value is -1.66. The number of rotatable bonds is 4. The predicted molar refractivity (Wildman–Crippen MR) is 91.7 cm³/mol. The van der Waals surface area contributed by atoms with Gasteiger partial charge in [-0.05, 0) is 37.8 Å². The smallest absolute Gasteiger partial charge is 0.269 e. The van der Waals surface area contributed by atoms with Gasteiger partial charge < -0.3 is 16.0 Å². The molecule has 0 amide bonds. The van der Waals surface area contributed by atoms with Crippen molar-refractivity contribution in [1.29, 1.82) is 0 Å². The summed E-state index contributed by atoms with van der Waals surface area (Å²) in [6.45, 7) is 1.95. The molecule has 3 N–H and O–H groups in total. The third-order valence-electron chi connectivity index (χ3n) is 5.12. The molecule has 1 saturated carbocycles. The van der Waals surface area contributed by atoms with E-state index < -0.39 is 0 Å². The summed E-state index contributed by atoms with van der Waals surface area (Å²) in [5, 5.41) is 14.5. The molecule has 0 bridgehead atoms. The molecule has 6 nitrogen and oxygen atoms in total. The third kappa shape index (κ3) is 4.00. The van der Waals surface area contributed by atoms with E-state index in [1.165, 1.54) is 25.7 Å². The Morgan fingerprint density at radius 1 is 1.13 bits per heavy atom. The Morgan fingerprint density at radius 2 is 1.87 bits per heavy atom. The zero-order chi connectivity index (χ0) is 16.2. The second-order valence-corrected chi connectivity index (χ2v) is 6.78. The molecule has 6 heteroatoms. The zero-order valence-electron chi connectivity index (χ0n) is 13.5. The first-order valence-corrected chi connectivity index (χ1v) is 8.64. The lowest BCUT2D eigenvalue weighted by molar-refractivity contribution is -0.384. The van der Waals surface area contributed by atoms with Crippen LogP contribution < -0.4 is 16.0 Å². The molecule has 0 spiro atoms. The highest BCUT2D eigenvalue weighted by atomic mass is 16.6. The van der Waals surface area contributed by atoms with E-state index >= 15 is 0 Å². The number of nitro benzene ring substituents is 1. The van der Waals surface area contributed by atoms with Gasteiger partial charge in [-0.15, -0.1) is 0 Å². The van der Waals surface area contributed by atoms with Crippen LogP contribution in [0.5, 0.6) is 0 Å². The van der Waals surface area contributed by atoms with Crippen LogP contribution in [0.15, 0.2) is 24.3 Å². The Bertz CT molecular complexity index is 534. The summed E-state index contributed by atoms with van der Waals surface area (Å²) in [5.74, 6) is 0. The largest absolute Gasteiger partial charge is 0.370 e. The van der Waals surface area contributed by atoms with Gasteiger partial charge in [0.05, 0.1) is 4.92 Å². The summed E-state index contributed by atoms with van der Waals surface area (Å²) in [6.07, 6.45) is 7.12. The molecule has 23 heavy (non-hydrogen) atoms. The van der Waals surface area contributed by atoms with Gasteiger partial charge >= 0.3 is 0 Å². The first kappa shape index (κ1) is 16.2. The summed E-state index contributed by atoms with van der Waals surface area (Å²) in [6, 6.07) is 8.05. The molecule has 3 atom stereocenters. The number of nitrogens with two attached hydrogens (primary N) is 1. The van der Waals surface area contributed by atoms with Gasteiger partial charge in [-0.3, -0.25) is 10.1 Å². The van der Waals surface area contributed by atoms with Gasteiger partial charge in [0.1, 0.15) is 0 Å². The lowest BCUT2D eigenvalue weighted by Gasteiger charge is -2.39. The van der Waals surface area contributed by atoms with Crippen LogP contribution in [0.2, 0.25) is 0 Å². The first-order valence-electron chi connectivity index (χ1n) is 8.64. The molecule has 3 rings (SSSR count). The lowest BCUT2D eigenvalue weighted by Crippen LogP contribution is -2.55. The van der Waals surface area contributed by atoms with Crippen molar-refractivity contribution in [2.45, 2.75) is 56.7 Å². The van der Waals surface area contributed by atoms with Gasteiger partial charge in [-0.1, -0.05) is 12.8 Å². The molecule has 0 aromatic heterocycles. The van der Waals surface area contributed by atoms with Crippen LogP contribution >= 0.6 is 0 Å². The molecular formula is C17H26N4O2. The van der Waals surface area contributed by atoms with Crippen molar-refractivity contribution >= 4 is 11.4 Å². The number of non-ortho nitro benzene ring substituents is 1. The molecule has 1 aromatic carbocycles. The summed E-state index contributed by atoms with van der Waals surface area (Å²) in [4.78, 5) is 12.7. The van der Waals surface area contributed by atoms with E-state index in [9.17, 15) is 10.1 Å². The van der Waals surface area contributed by atoms with Gasteiger partial charge in [0.25, 0.3) is 5.69 Å². The van der Waals surface area contributed by atoms with Crippen molar-refractivity contribution in [1.82, 2.24) is 5.32 Å². The minimum absolute atomic E-state index is 0.147. The second kappa shape index (κ2) is 7.27. The van der Waals surface area contributed by atoms with E-state index in [1.54, 1.807) is 12.1 Å². The normalized spacial score (nSPS) is 28.6. The van der Waals surface area contributed by atoms with Crippen LogP contribution in [-0.4, -0.2) is 36.1 Å². The van der Waals surface area contributed by atoms with E-state index in [2.05, 4.69) is 10.2 Å². The number of nitrogens with zero attached hydrogens (tertiary/aromatic N) is 2. The Kier molecular flexibility index (Phi) is 5.13. The Morgan fingerprint density at radius 3 is 2.57 bits per heavy atom. The highest BCUT2D eigenvalue weighted by Gasteiger charge is 2.27.